The lowest BCUT2D eigenvalue weighted by molar-refractivity contribution is 0.0952. The number of ether oxygens (including phenoxy) is 1. The van der Waals surface area contributed by atoms with Crippen LogP contribution in [0.4, 0.5) is 0 Å². The summed E-state index contributed by atoms with van der Waals surface area (Å²) in [5.74, 6) is 0.262. The topological polar surface area (TPSA) is 50.7 Å². The molecule has 4 heteroatoms. The fraction of sp³-hybridized carbons (Fsp3) is 0.176. The van der Waals surface area contributed by atoms with Gasteiger partial charge in [0.05, 0.1) is 12.7 Å². The molecule has 0 heterocycles. The van der Waals surface area contributed by atoms with E-state index in [0.717, 1.165) is 12.8 Å². The van der Waals surface area contributed by atoms with Crippen LogP contribution in [-0.2, 0) is 6.42 Å². The Morgan fingerprint density at radius 3 is 2.62 bits per heavy atom. The maximum Gasteiger partial charge on any atom is 0.275 e. The van der Waals surface area contributed by atoms with E-state index in [2.05, 4.69) is 22.7 Å². The number of methoxy groups -OCH3 is 1. The van der Waals surface area contributed by atoms with Crippen molar-refractivity contribution in [2.45, 2.75) is 12.8 Å². The molecule has 0 unspecified atom stereocenters. The molecule has 0 atom stereocenters. The van der Waals surface area contributed by atoms with Gasteiger partial charge in [0, 0.05) is 6.21 Å². The van der Waals surface area contributed by atoms with Crippen molar-refractivity contribution in [3.05, 3.63) is 65.7 Å². The van der Waals surface area contributed by atoms with Gasteiger partial charge in [0.15, 0.2) is 0 Å². The molecule has 4 nitrogen and oxygen atoms in total. The number of para-hydroxylation sites is 1. The molecule has 0 aliphatic rings. The number of amides is 1. The first-order valence-electron chi connectivity index (χ1n) is 6.80. The minimum absolute atomic E-state index is 0.275. The van der Waals surface area contributed by atoms with Crippen LogP contribution in [0.2, 0.25) is 0 Å². The van der Waals surface area contributed by atoms with Gasteiger partial charge in [0.25, 0.3) is 5.91 Å². The van der Waals surface area contributed by atoms with E-state index < -0.39 is 0 Å². The molecule has 2 aromatic carbocycles. The van der Waals surface area contributed by atoms with Gasteiger partial charge < -0.3 is 4.74 Å². The lowest BCUT2D eigenvalue weighted by atomic mass is 10.1. The van der Waals surface area contributed by atoms with E-state index in [-0.39, 0.29) is 5.91 Å². The quantitative estimate of drug-likeness (QED) is 0.654. The molecule has 0 spiro atoms. The van der Waals surface area contributed by atoms with Crippen LogP contribution in [0.3, 0.4) is 0 Å². The van der Waals surface area contributed by atoms with Crippen molar-refractivity contribution in [2.75, 3.05) is 7.11 Å². The standard InChI is InChI=1S/C17H18N2O2/c1-21-16-12-6-5-11-15(16)17(20)19-18-13-7-10-14-8-3-2-4-9-14/h2-6,8-9,11-13H,7,10H2,1H3,(H,19,20)/b18-13+. The molecule has 0 aliphatic heterocycles. The molecule has 2 rings (SSSR count). The highest BCUT2D eigenvalue weighted by atomic mass is 16.5. The van der Waals surface area contributed by atoms with E-state index >= 15 is 0 Å². The number of rotatable bonds is 6. The number of aryl methyl sites for hydroxylation is 1. The minimum Gasteiger partial charge on any atom is -0.496 e. The Morgan fingerprint density at radius 2 is 1.86 bits per heavy atom. The van der Waals surface area contributed by atoms with Crippen LogP contribution in [0, 0.1) is 0 Å². The highest BCUT2D eigenvalue weighted by molar-refractivity contribution is 5.97. The van der Waals surface area contributed by atoms with Crippen LogP contribution in [-0.4, -0.2) is 19.2 Å². The maximum atomic E-state index is 12.0. The summed E-state index contributed by atoms with van der Waals surface area (Å²) in [6.45, 7) is 0. The summed E-state index contributed by atoms with van der Waals surface area (Å²) in [6.07, 6.45) is 3.38. The largest absolute Gasteiger partial charge is 0.496 e. The number of nitrogens with one attached hydrogen (secondary N) is 1. The van der Waals surface area contributed by atoms with Gasteiger partial charge in [-0.1, -0.05) is 42.5 Å². The number of benzene rings is 2. The van der Waals surface area contributed by atoms with Gasteiger partial charge >= 0.3 is 0 Å². The molecule has 0 aliphatic carbocycles. The van der Waals surface area contributed by atoms with Crippen molar-refractivity contribution < 1.29 is 9.53 Å². The Kier molecular flexibility index (Phi) is 5.52. The molecule has 0 saturated carbocycles. The fourth-order valence-electron chi connectivity index (χ4n) is 1.94. The molecule has 0 aromatic heterocycles. The van der Waals surface area contributed by atoms with Crippen LogP contribution >= 0.6 is 0 Å². The first kappa shape index (κ1) is 14.8. The highest BCUT2D eigenvalue weighted by Gasteiger charge is 2.09. The van der Waals surface area contributed by atoms with E-state index in [1.807, 2.05) is 24.3 Å². The zero-order chi connectivity index (χ0) is 14.9. The number of carbonyl (C=O) groups excluding carboxylic acids is 1. The number of hydrogen-bond acceptors (Lipinski definition) is 3. The summed E-state index contributed by atoms with van der Waals surface area (Å²) in [5, 5.41) is 3.96. The monoisotopic (exact) mass is 282 g/mol. The third-order valence-electron chi connectivity index (χ3n) is 3.01. The Bertz CT molecular complexity index is 609. The molecular formula is C17H18N2O2. The van der Waals surface area contributed by atoms with Crippen LogP contribution in [0.15, 0.2) is 59.7 Å². The van der Waals surface area contributed by atoms with E-state index in [0.29, 0.717) is 11.3 Å². The second-order valence-corrected chi connectivity index (χ2v) is 4.48. The van der Waals surface area contributed by atoms with Crippen LogP contribution in [0.5, 0.6) is 5.75 Å². The second kappa shape index (κ2) is 7.85. The van der Waals surface area contributed by atoms with Crippen LogP contribution < -0.4 is 10.2 Å². The summed E-state index contributed by atoms with van der Waals surface area (Å²) in [7, 11) is 1.54. The third-order valence-corrected chi connectivity index (χ3v) is 3.01. The number of hydrogen-bond donors (Lipinski definition) is 1. The highest BCUT2D eigenvalue weighted by Crippen LogP contribution is 2.16. The molecule has 0 fully saturated rings. The molecule has 2 aromatic rings. The van der Waals surface area contributed by atoms with Crippen molar-refractivity contribution in [3.8, 4) is 5.75 Å². The van der Waals surface area contributed by atoms with Gasteiger partial charge in [-0.2, -0.15) is 5.10 Å². The Balaban J connectivity index is 1.82. The zero-order valence-corrected chi connectivity index (χ0v) is 12.0. The average Bonchev–Trinajstić information content (AvgIpc) is 2.55. The first-order valence-corrected chi connectivity index (χ1v) is 6.80. The average molecular weight is 282 g/mol. The number of nitrogens with zero attached hydrogens (tertiary/aromatic N) is 1. The molecule has 108 valence electrons. The molecule has 0 bridgehead atoms. The first-order chi connectivity index (χ1) is 10.3. The van der Waals surface area contributed by atoms with Crippen molar-refractivity contribution >= 4 is 12.1 Å². The number of carbonyl (C=O) groups is 1. The van der Waals surface area contributed by atoms with Crippen LogP contribution in [0.25, 0.3) is 0 Å². The Hall–Kier alpha value is -2.62. The predicted molar refractivity (Wildman–Crippen MR) is 83.7 cm³/mol. The molecular weight excluding hydrogens is 264 g/mol. The van der Waals surface area contributed by atoms with Crippen molar-refractivity contribution in [1.82, 2.24) is 5.43 Å². The third kappa shape index (κ3) is 4.45. The van der Waals surface area contributed by atoms with Crippen LogP contribution in [0.1, 0.15) is 22.3 Å². The maximum absolute atomic E-state index is 12.0. The number of hydrazone groups is 1. The summed E-state index contributed by atoms with van der Waals surface area (Å²) >= 11 is 0. The van der Waals surface area contributed by atoms with E-state index in [1.54, 1.807) is 24.4 Å². The summed E-state index contributed by atoms with van der Waals surface area (Å²) < 4.78 is 5.14. The molecule has 21 heavy (non-hydrogen) atoms. The summed E-state index contributed by atoms with van der Waals surface area (Å²) in [4.78, 5) is 12.0. The Labute approximate surface area is 124 Å². The SMILES string of the molecule is COc1ccccc1C(=O)N/N=C/CCc1ccccc1. The lowest BCUT2D eigenvalue weighted by Crippen LogP contribution is -2.18. The fourth-order valence-corrected chi connectivity index (χ4v) is 1.94. The normalized spacial score (nSPS) is 10.5. The molecule has 1 N–H and O–H groups in total. The second-order valence-electron chi connectivity index (χ2n) is 4.48. The lowest BCUT2D eigenvalue weighted by Gasteiger charge is -2.05. The smallest absolute Gasteiger partial charge is 0.275 e. The van der Waals surface area contributed by atoms with E-state index in [9.17, 15) is 4.79 Å². The van der Waals surface area contributed by atoms with Gasteiger partial charge in [-0.3, -0.25) is 4.79 Å². The van der Waals surface area contributed by atoms with Gasteiger partial charge in [-0.25, -0.2) is 5.43 Å². The van der Waals surface area contributed by atoms with Crippen molar-refractivity contribution in [2.24, 2.45) is 5.10 Å². The van der Waals surface area contributed by atoms with E-state index in [4.69, 9.17) is 4.74 Å². The molecule has 1 amide bonds. The summed E-state index contributed by atoms with van der Waals surface area (Å²) in [6, 6.07) is 17.2. The van der Waals surface area contributed by atoms with Crippen molar-refractivity contribution in [1.29, 1.82) is 0 Å². The Morgan fingerprint density at radius 1 is 1.14 bits per heavy atom. The van der Waals surface area contributed by atoms with Gasteiger partial charge in [0.2, 0.25) is 0 Å². The van der Waals surface area contributed by atoms with Gasteiger partial charge in [-0.15, -0.1) is 0 Å². The summed E-state index contributed by atoms with van der Waals surface area (Å²) in [5.41, 5.74) is 4.23. The molecule has 0 saturated heterocycles. The zero-order valence-electron chi connectivity index (χ0n) is 12.0. The van der Waals surface area contributed by atoms with Gasteiger partial charge in [-0.05, 0) is 30.5 Å². The van der Waals surface area contributed by atoms with Crippen molar-refractivity contribution in [3.63, 3.8) is 0 Å². The van der Waals surface area contributed by atoms with Gasteiger partial charge in [0.1, 0.15) is 5.75 Å². The molecule has 0 radical (unpaired) electrons. The minimum atomic E-state index is -0.275. The predicted octanol–water partition coefficient (Wildman–Crippen LogP) is 3.04. The van der Waals surface area contributed by atoms with E-state index in [1.165, 1.54) is 12.7 Å².